The molecule has 0 aliphatic rings. The highest BCUT2D eigenvalue weighted by Crippen LogP contribution is 2.12. The number of hydrogen-bond donors (Lipinski definition) is 1. The number of nitrogens with one attached hydrogen (secondary N) is 1. The van der Waals surface area contributed by atoms with Gasteiger partial charge in [-0.2, -0.15) is 0 Å². The Morgan fingerprint density at radius 3 is 2.33 bits per heavy atom. The van der Waals surface area contributed by atoms with Gasteiger partial charge in [0.2, 0.25) is 0 Å². The lowest BCUT2D eigenvalue weighted by molar-refractivity contribution is 0.363. The van der Waals surface area contributed by atoms with Crippen LogP contribution in [0.4, 0.5) is 0 Å². The molecular formula is C18H22ClNO. The average Bonchev–Trinajstić information content (AvgIpc) is 2.52. The summed E-state index contributed by atoms with van der Waals surface area (Å²) >= 11 is 0. The summed E-state index contributed by atoms with van der Waals surface area (Å²) in [6.45, 7) is 6.05. The van der Waals surface area contributed by atoms with E-state index >= 15 is 0 Å². The van der Waals surface area contributed by atoms with Gasteiger partial charge in [0, 0.05) is 6.54 Å². The van der Waals surface area contributed by atoms with Crippen molar-refractivity contribution in [3.05, 3.63) is 78.4 Å². The summed E-state index contributed by atoms with van der Waals surface area (Å²) in [4.78, 5) is 0. The van der Waals surface area contributed by atoms with Gasteiger partial charge in [-0.1, -0.05) is 55.1 Å². The number of rotatable bonds is 8. The summed E-state index contributed by atoms with van der Waals surface area (Å²) in [6, 6.07) is 18.7. The zero-order valence-corrected chi connectivity index (χ0v) is 12.9. The summed E-state index contributed by atoms with van der Waals surface area (Å²) in [7, 11) is 0. The van der Waals surface area contributed by atoms with E-state index in [-0.39, 0.29) is 12.4 Å². The Morgan fingerprint density at radius 2 is 1.67 bits per heavy atom. The fourth-order valence-corrected chi connectivity index (χ4v) is 1.97. The number of halogens is 1. The summed E-state index contributed by atoms with van der Waals surface area (Å²) in [6.07, 6.45) is 2.81. The monoisotopic (exact) mass is 303 g/mol. The number of ether oxygens (including phenoxy) is 1. The van der Waals surface area contributed by atoms with Crippen LogP contribution in [-0.4, -0.2) is 13.2 Å². The van der Waals surface area contributed by atoms with Crippen LogP contribution < -0.4 is 10.1 Å². The van der Waals surface area contributed by atoms with Gasteiger partial charge in [0.15, 0.2) is 0 Å². The van der Waals surface area contributed by atoms with E-state index in [0.717, 1.165) is 25.3 Å². The van der Waals surface area contributed by atoms with Gasteiger partial charge in [0.05, 0.1) is 0 Å². The molecule has 3 heteroatoms. The van der Waals surface area contributed by atoms with E-state index in [1.165, 1.54) is 11.1 Å². The van der Waals surface area contributed by atoms with Crippen LogP contribution in [0.15, 0.2) is 67.3 Å². The third-order valence-electron chi connectivity index (χ3n) is 3.05. The summed E-state index contributed by atoms with van der Waals surface area (Å²) < 4.78 is 5.46. The van der Waals surface area contributed by atoms with Crippen LogP contribution in [0.3, 0.4) is 0 Å². The van der Waals surface area contributed by atoms with Gasteiger partial charge in [-0.25, -0.2) is 0 Å². The molecule has 2 aromatic carbocycles. The van der Waals surface area contributed by atoms with Crippen molar-refractivity contribution >= 4 is 12.4 Å². The second-order valence-corrected chi connectivity index (χ2v) is 4.66. The van der Waals surface area contributed by atoms with Crippen LogP contribution in [0.25, 0.3) is 0 Å². The van der Waals surface area contributed by atoms with Crippen LogP contribution in [-0.2, 0) is 13.0 Å². The smallest absolute Gasteiger partial charge is 0.119 e. The maximum atomic E-state index is 5.46. The van der Waals surface area contributed by atoms with E-state index in [0.29, 0.717) is 6.61 Å². The molecule has 0 atom stereocenters. The van der Waals surface area contributed by atoms with Crippen molar-refractivity contribution in [1.29, 1.82) is 0 Å². The fourth-order valence-electron chi connectivity index (χ4n) is 1.97. The first-order valence-corrected chi connectivity index (χ1v) is 6.96. The quantitative estimate of drug-likeness (QED) is 0.588. The van der Waals surface area contributed by atoms with Crippen molar-refractivity contribution in [1.82, 2.24) is 5.32 Å². The van der Waals surface area contributed by atoms with Gasteiger partial charge in [-0.05, 0) is 36.2 Å². The predicted molar refractivity (Wildman–Crippen MR) is 91.2 cm³/mol. The average molecular weight is 304 g/mol. The van der Waals surface area contributed by atoms with Crippen molar-refractivity contribution in [3.63, 3.8) is 0 Å². The lowest BCUT2D eigenvalue weighted by Gasteiger charge is -2.07. The van der Waals surface area contributed by atoms with Crippen molar-refractivity contribution < 1.29 is 4.74 Å². The molecule has 2 aromatic rings. The molecule has 112 valence electrons. The van der Waals surface area contributed by atoms with Gasteiger partial charge >= 0.3 is 0 Å². The molecule has 0 amide bonds. The molecule has 21 heavy (non-hydrogen) atoms. The first-order chi connectivity index (χ1) is 9.88. The van der Waals surface area contributed by atoms with E-state index in [4.69, 9.17) is 4.74 Å². The minimum absolute atomic E-state index is 0. The molecule has 2 nitrogen and oxygen atoms in total. The Bertz CT molecular complexity index is 511. The molecule has 0 fully saturated rings. The highest BCUT2D eigenvalue weighted by molar-refractivity contribution is 5.85. The minimum Gasteiger partial charge on any atom is -0.490 e. The maximum absolute atomic E-state index is 5.46. The molecule has 2 rings (SSSR count). The Labute approximate surface area is 133 Å². The van der Waals surface area contributed by atoms with Crippen molar-refractivity contribution in [3.8, 4) is 5.75 Å². The fraction of sp³-hybridized carbons (Fsp3) is 0.222. The third-order valence-corrected chi connectivity index (χ3v) is 3.05. The Kier molecular flexibility index (Phi) is 8.25. The highest BCUT2D eigenvalue weighted by Gasteiger charge is 1.96. The predicted octanol–water partition coefficient (Wildman–Crippen LogP) is 4.01. The van der Waals surface area contributed by atoms with E-state index < -0.39 is 0 Å². The molecule has 1 N–H and O–H groups in total. The molecule has 0 radical (unpaired) electrons. The molecule has 0 bridgehead atoms. The van der Waals surface area contributed by atoms with Crippen LogP contribution in [0.5, 0.6) is 5.75 Å². The lowest BCUT2D eigenvalue weighted by atomic mass is 10.1. The molecule has 0 aliphatic heterocycles. The van der Waals surface area contributed by atoms with Crippen LogP contribution >= 0.6 is 12.4 Å². The maximum Gasteiger partial charge on any atom is 0.119 e. The molecule has 0 aliphatic carbocycles. The van der Waals surface area contributed by atoms with Crippen LogP contribution in [0.1, 0.15) is 11.1 Å². The first kappa shape index (κ1) is 17.3. The normalized spacial score (nSPS) is 9.71. The third kappa shape index (κ3) is 6.48. The van der Waals surface area contributed by atoms with Gasteiger partial charge in [-0.3, -0.25) is 0 Å². The molecule has 0 heterocycles. The van der Waals surface area contributed by atoms with Crippen molar-refractivity contribution in [2.24, 2.45) is 0 Å². The van der Waals surface area contributed by atoms with Crippen molar-refractivity contribution in [2.75, 3.05) is 13.2 Å². The van der Waals surface area contributed by atoms with Gasteiger partial charge in [0.25, 0.3) is 0 Å². The summed E-state index contributed by atoms with van der Waals surface area (Å²) in [5.74, 6) is 0.887. The first-order valence-electron chi connectivity index (χ1n) is 6.96. The SMILES string of the molecule is C=CCOc1ccc(CNCCc2ccccc2)cc1.Cl. The molecule has 0 unspecified atom stereocenters. The van der Waals surface area contributed by atoms with Gasteiger partial charge in [0.1, 0.15) is 12.4 Å². The molecule has 0 aromatic heterocycles. The van der Waals surface area contributed by atoms with E-state index in [9.17, 15) is 0 Å². The highest BCUT2D eigenvalue weighted by atomic mass is 35.5. The lowest BCUT2D eigenvalue weighted by Crippen LogP contribution is -2.16. The van der Waals surface area contributed by atoms with Gasteiger partial charge < -0.3 is 10.1 Å². The molecule has 0 saturated heterocycles. The topological polar surface area (TPSA) is 21.3 Å². The standard InChI is InChI=1S/C18H21NO.ClH/c1-2-14-20-18-10-8-17(9-11-18)15-19-13-12-16-6-4-3-5-7-16;/h2-11,19H,1,12-15H2;1H. The minimum atomic E-state index is 0. The summed E-state index contributed by atoms with van der Waals surface area (Å²) in [5.41, 5.74) is 2.64. The van der Waals surface area contributed by atoms with E-state index in [2.05, 4.69) is 48.3 Å². The number of benzene rings is 2. The molecular weight excluding hydrogens is 282 g/mol. The zero-order chi connectivity index (χ0) is 14.0. The molecule has 0 spiro atoms. The number of hydrogen-bond acceptors (Lipinski definition) is 2. The second kappa shape index (κ2) is 10.0. The molecule has 0 saturated carbocycles. The Morgan fingerprint density at radius 1 is 0.952 bits per heavy atom. The largest absolute Gasteiger partial charge is 0.490 e. The van der Waals surface area contributed by atoms with Crippen LogP contribution in [0, 0.1) is 0 Å². The Hall–Kier alpha value is -1.77. The Balaban J connectivity index is 0.00000220. The van der Waals surface area contributed by atoms with Crippen LogP contribution in [0.2, 0.25) is 0 Å². The summed E-state index contributed by atoms with van der Waals surface area (Å²) in [5, 5.41) is 3.46. The van der Waals surface area contributed by atoms with E-state index in [1.807, 2.05) is 18.2 Å². The van der Waals surface area contributed by atoms with E-state index in [1.54, 1.807) is 6.08 Å². The zero-order valence-electron chi connectivity index (χ0n) is 12.1. The second-order valence-electron chi connectivity index (χ2n) is 4.66. The van der Waals surface area contributed by atoms with Crippen molar-refractivity contribution in [2.45, 2.75) is 13.0 Å². The van der Waals surface area contributed by atoms with Gasteiger partial charge in [-0.15, -0.1) is 12.4 Å².